The molecule has 2 aliphatic rings. The van der Waals surface area contributed by atoms with Gasteiger partial charge in [0.15, 0.2) is 11.5 Å². The van der Waals surface area contributed by atoms with Crippen LogP contribution in [0.15, 0.2) is 24.4 Å². The Bertz CT molecular complexity index is 981. The second-order valence-corrected chi connectivity index (χ2v) is 7.17. The lowest BCUT2D eigenvalue weighted by Crippen LogP contribution is -2.59. The SMILES string of the molecule is Cc1nc(N(C)C2CN(c3cc4c(nn3)CCC4)C2)c2cccnc2n1. The van der Waals surface area contributed by atoms with Gasteiger partial charge in [0.25, 0.3) is 0 Å². The van der Waals surface area contributed by atoms with Crippen LogP contribution in [0.25, 0.3) is 11.0 Å². The maximum absolute atomic E-state index is 4.68. The van der Waals surface area contributed by atoms with E-state index >= 15 is 0 Å². The number of aromatic nitrogens is 5. The minimum absolute atomic E-state index is 0.391. The Labute approximate surface area is 152 Å². The van der Waals surface area contributed by atoms with Gasteiger partial charge in [0.05, 0.1) is 17.1 Å². The van der Waals surface area contributed by atoms with Crippen molar-refractivity contribution in [3.63, 3.8) is 0 Å². The molecule has 0 aromatic carbocycles. The van der Waals surface area contributed by atoms with E-state index in [1.807, 2.05) is 19.1 Å². The number of anilines is 2. The summed E-state index contributed by atoms with van der Waals surface area (Å²) in [5.41, 5.74) is 3.30. The normalized spacial score (nSPS) is 16.6. The molecule has 0 unspecified atom stereocenters. The fourth-order valence-electron chi connectivity index (χ4n) is 3.85. The van der Waals surface area contributed by atoms with Crippen LogP contribution in [0.1, 0.15) is 23.5 Å². The fourth-order valence-corrected chi connectivity index (χ4v) is 3.85. The molecule has 1 aliphatic carbocycles. The van der Waals surface area contributed by atoms with E-state index in [0.717, 1.165) is 54.4 Å². The number of likely N-dealkylation sites (N-methyl/N-ethyl adjacent to an activating group) is 1. The van der Waals surface area contributed by atoms with Crippen molar-refractivity contribution in [2.45, 2.75) is 32.2 Å². The van der Waals surface area contributed by atoms with Crippen molar-refractivity contribution in [3.05, 3.63) is 41.5 Å². The lowest BCUT2D eigenvalue weighted by atomic mass is 10.1. The number of rotatable bonds is 3. The highest BCUT2D eigenvalue weighted by Crippen LogP contribution is 2.29. The zero-order chi connectivity index (χ0) is 17.7. The predicted octanol–water partition coefficient (Wildman–Crippen LogP) is 1.94. The monoisotopic (exact) mass is 347 g/mol. The van der Waals surface area contributed by atoms with E-state index in [1.54, 1.807) is 6.20 Å². The number of nitrogens with zero attached hydrogens (tertiary/aromatic N) is 7. The van der Waals surface area contributed by atoms with Crippen LogP contribution in [0.4, 0.5) is 11.6 Å². The maximum atomic E-state index is 4.68. The zero-order valence-corrected chi connectivity index (χ0v) is 15.1. The summed E-state index contributed by atoms with van der Waals surface area (Å²) in [5, 5.41) is 9.83. The lowest BCUT2D eigenvalue weighted by Gasteiger charge is -2.45. The molecule has 0 N–H and O–H groups in total. The molecule has 132 valence electrons. The fraction of sp³-hybridized carbons (Fsp3) is 0.421. The summed E-state index contributed by atoms with van der Waals surface area (Å²) in [6, 6.07) is 6.59. The van der Waals surface area contributed by atoms with Crippen molar-refractivity contribution in [1.29, 1.82) is 0 Å². The standard InChI is InChI=1S/C19H21N7/c1-12-21-18-15(6-4-8-20-18)19(22-12)25(2)14-10-26(11-14)17-9-13-5-3-7-16(13)23-24-17/h4,6,8-9,14H,3,5,7,10-11H2,1-2H3. The highest BCUT2D eigenvalue weighted by Gasteiger charge is 2.33. The number of hydrogen-bond donors (Lipinski definition) is 0. The van der Waals surface area contributed by atoms with Gasteiger partial charge in [-0.25, -0.2) is 15.0 Å². The van der Waals surface area contributed by atoms with E-state index in [9.17, 15) is 0 Å². The maximum Gasteiger partial charge on any atom is 0.164 e. The van der Waals surface area contributed by atoms with Gasteiger partial charge in [-0.3, -0.25) is 0 Å². The van der Waals surface area contributed by atoms with E-state index in [-0.39, 0.29) is 0 Å². The van der Waals surface area contributed by atoms with Crippen LogP contribution in [-0.4, -0.2) is 51.3 Å². The van der Waals surface area contributed by atoms with E-state index in [1.165, 1.54) is 17.7 Å². The Morgan fingerprint density at radius 3 is 2.92 bits per heavy atom. The van der Waals surface area contributed by atoms with Crippen LogP contribution in [0.2, 0.25) is 0 Å². The molecule has 1 fully saturated rings. The Morgan fingerprint density at radius 2 is 2.04 bits per heavy atom. The molecule has 3 aromatic heterocycles. The summed E-state index contributed by atoms with van der Waals surface area (Å²) in [4.78, 5) is 18.0. The first-order valence-electron chi connectivity index (χ1n) is 9.11. The second kappa shape index (κ2) is 5.86. The van der Waals surface area contributed by atoms with Crippen LogP contribution >= 0.6 is 0 Å². The average Bonchev–Trinajstić information content (AvgIpc) is 3.07. The first-order valence-corrected chi connectivity index (χ1v) is 9.11. The van der Waals surface area contributed by atoms with Gasteiger partial charge < -0.3 is 9.80 Å². The molecule has 0 saturated carbocycles. The third-order valence-electron chi connectivity index (χ3n) is 5.44. The van der Waals surface area contributed by atoms with Crippen LogP contribution in [-0.2, 0) is 12.8 Å². The topological polar surface area (TPSA) is 70.9 Å². The van der Waals surface area contributed by atoms with Crippen LogP contribution in [0.3, 0.4) is 0 Å². The third kappa shape index (κ3) is 2.46. The van der Waals surface area contributed by atoms with Crippen LogP contribution < -0.4 is 9.80 Å². The molecule has 5 rings (SSSR count). The molecule has 0 atom stereocenters. The Balaban J connectivity index is 1.36. The molecule has 4 heterocycles. The lowest BCUT2D eigenvalue weighted by molar-refractivity contribution is 0.488. The van der Waals surface area contributed by atoms with Gasteiger partial charge in [-0.15, -0.1) is 5.10 Å². The molecular weight excluding hydrogens is 326 g/mol. The Hall–Kier alpha value is -2.83. The summed E-state index contributed by atoms with van der Waals surface area (Å²) < 4.78 is 0. The molecule has 0 radical (unpaired) electrons. The zero-order valence-electron chi connectivity index (χ0n) is 15.1. The molecular formula is C19H21N7. The Kier molecular flexibility index (Phi) is 3.48. The minimum Gasteiger partial charge on any atom is -0.352 e. The van der Waals surface area contributed by atoms with E-state index in [0.29, 0.717) is 6.04 Å². The first kappa shape index (κ1) is 15.4. The number of aryl methyl sites for hydroxylation is 3. The van der Waals surface area contributed by atoms with Crippen LogP contribution in [0.5, 0.6) is 0 Å². The van der Waals surface area contributed by atoms with Gasteiger partial charge in [0.2, 0.25) is 0 Å². The molecule has 0 spiro atoms. The van der Waals surface area contributed by atoms with Gasteiger partial charge >= 0.3 is 0 Å². The second-order valence-electron chi connectivity index (χ2n) is 7.17. The van der Waals surface area contributed by atoms with Crippen LogP contribution in [0, 0.1) is 6.92 Å². The van der Waals surface area contributed by atoms with E-state index in [2.05, 4.69) is 48.1 Å². The quantitative estimate of drug-likeness (QED) is 0.717. The number of hydrogen-bond acceptors (Lipinski definition) is 7. The van der Waals surface area contributed by atoms with Crippen molar-refractivity contribution in [3.8, 4) is 0 Å². The van der Waals surface area contributed by atoms with Crippen molar-refractivity contribution in [2.75, 3.05) is 29.9 Å². The predicted molar refractivity (Wildman–Crippen MR) is 101 cm³/mol. The summed E-state index contributed by atoms with van der Waals surface area (Å²) in [6.07, 6.45) is 5.18. The molecule has 0 bridgehead atoms. The molecule has 1 aliphatic heterocycles. The summed E-state index contributed by atoms with van der Waals surface area (Å²) in [7, 11) is 2.10. The number of fused-ring (bicyclic) bond motifs is 2. The van der Waals surface area contributed by atoms with E-state index in [4.69, 9.17) is 0 Å². The smallest absolute Gasteiger partial charge is 0.164 e. The molecule has 0 amide bonds. The number of pyridine rings is 1. The summed E-state index contributed by atoms with van der Waals surface area (Å²) in [6.45, 7) is 3.77. The Morgan fingerprint density at radius 1 is 1.15 bits per heavy atom. The minimum atomic E-state index is 0.391. The van der Waals surface area contributed by atoms with Gasteiger partial charge in [0.1, 0.15) is 11.6 Å². The van der Waals surface area contributed by atoms with Crippen molar-refractivity contribution < 1.29 is 0 Å². The van der Waals surface area contributed by atoms with Gasteiger partial charge in [-0.05, 0) is 49.9 Å². The molecule has 3 aromatic rings. The van der Waals surface area contributed by atoms with E-state index < -0.39 is 0 Å². The van der Waals surface area contributed by atoms with Crippen molar-refractivity contribution in [1.82, 2.24) is 25.1 Å². The summed E-state index contributed by atoms with van der Waals surface area (Å²) in [5.74, 6) is 2.70. The molecule has 7 nitrogen and oxygen atoms in total. The molecule has 7 heteroatoms. The highest BCUT2D eigenvalue weighted by molar-refractivity contribution is 5.87. The summed E-state index contributed by atoms with van der Waals surface area (Å²) >= 11 is 0. The largest absolute Gasteiger partial charge is 0.352 e. The average molecular weight is 347 g/mol. The van der Waals surface area contributed by atoms with Gasteiger partial charge in [0, 0.05) is 26.3 Å². The highest BCUT2D eigenvalue weighted by atomic mass is 15.4. The van der Waals surface area contributed by atoms with Gasteiger partial charge in [-0.1, -0.05) is 0 Å². The molecule has 26 heavy (non-hydrogen) atoms. The van der Waals surface area contributed by atoms with Crippen molar-refractivity contribution >= 4 is 22.7 Å². The van der Waals surface area contributed by atoms with Crippen molar-refractivity contribution in [2.24, 2.45) is 0 Å². The first-order chi connectivity index (χ1) is 12.7. The third-order valence-corrected chi connectivity index (χ3v) is 5.44. The van der Waals surface area contributed by atoms with Gasteiger partial charge in [-0.2, -0.15) is 5.10 Å². The molecule has 1 saturated heterocycles.